The molecule has 1 N–H and O–H groups in total. The molecule has 0 radical (unpaired) electrons. The van der Waals surface area contributed by atoms with Gasteiger partial charge in [-0.05, 0) is 31.2 Å². The molecule has 0 aromatic heterocycles. The van der Waals surface area contributed by atoms with Gasteiger partial charge < -0.3 is 10.2 Å². The van der Waals surface area contributed by atoms with Crippen LogP contribution in [0, 0.1) is 0 Å². The Morgan fingerprint density at radius 2 is 1.84 bits per heavy atom. The second-order valence-corrected chi connectivity index (χ2v) is 6.72. The number of nitrogens with one attached hydrogen (secondary N) is 1. The van der Waals surface area contributed by atoms with E-state index < -0.39 is 0 Å². The van der Waals surface area contributed by atoms with E-state index in [4.69, 9.17) is 0 Å². The van der Waals surface area contributed by atoms with Crippen LogP contribution in [0.25, 0.3) is 0 Å². The first-order valence-electron chi connectivity index (χ1n) is 7.98. The molecule has 2 aromatic rings. The number of carbonyl (C=O) groups is 3. The third-order valence-corrected chi connectivity index (χ3v) is 5.00. The van der Waals surface area contributed by atoms with Crippen LogP contribution in [0.5, 0.6) is 0 Å². The quantitative estimate of drug-likeness (QED) is 0.836. The van der Waals surface area contributed by atoms with E-state index in [-0.39, 0.29) is 24.0 Å². The number of anilines is 2. The van der Waals surface area contributed by atoms with Gasteiger partial charge >= 0.3 is 0 Å². The third-order valence-electron chi connectivity index (χ3n) is 3.95. The molecule has 0 fully saturated rings. The molecule has 2 aromatic carbocycles. The van der Waals surface area contributed by atoms with Crippen LogP contribution in [0.3, 0.4) is 0 Å². The van der Waals surface area contributed by atoms with Crippen molar-refractivity contribution in [3.8, 4) is 0 Å². The van der Waals surface area contributed by atoms with Crippen molar-refractivity contribution in [3.63, 3.8) is 0 Å². The van der Waals surface area contributed by atoms with Crippen molar-refractivity contribution in [1.82, 2.24) is 0 Å². The minimum Gasteiger partial charge on any atom is -0.325 e. The number of Topliss-reactive ketones (excluding diaryl/α,β-unsaturated/α-hetero) is 1. The molecule has 0 unspecified atom stereocenters. The minimum atomic E-state index is -0.225. The zero-order valence-electron chi connectivity index (χ0n) is 13.8. The van der Waals surface area contributed by atoms with Gasteiger partial charge in [0.1, 0.15) is 0 Å². The summed E-state index contributed by atoms with van der Waals surface area (Å²) in [6.45, 7) is 1.77. The first-order valence-corrected chi connectivity index (χ1v) is 8.97. The largest absolute Gasteiger partial charge is 0.325 e. The molecule has 0 atom stereocenters. The molecule has 0 spiro atoms. The van der Waals surface area contributed by atoms with Crippen LogP contribution in [-0.4, -0.2) is 29.9 Å². The number of amides is 2. The lowest BCUT2D eigenvalue weighted by atomic mass is 10.1. The number of hydrogen-bond acceptors (Lipinski definition) is 4. The van der Waals surface area contributed by atoms with Gasteiger partial charge in [-0.15, -0.1) is 11.8 Å². The second kappa shape index (κ2) is 7.53. The third kappa shape index (κ3) is 3.91. The van der Waals surface area contributed by atoms with E-state index in [1.54, 1.807) is 29.2 Å². The van der Waals surface area contributed by atoms with Crippen LogP contribution >= 0.6 is 11.8 Å². The van der Waals surface area contributed by atoms with Gasteiger partial charge in [0, 0.05) is 23.4 Å². The van der Waals surface area contributed by atoms with E-state index >= 15 is 0 Å². The molecule has 0 aliphatic carbocycles. The molecule has 0 bridgehead atoms. The summed E-state index contributed by atoms with van der Waals surface area (Å²) in [6.07, 6.45) is 0.164. The van der Waals surface area contributed by atoms with Gasteiger partial charge in [-0.1, -0.05) is 24.3 Å². The van der Waals surface area contributed by atoms with Crippen LogP contribution in [0.2, 0.25) is 0 Å². The molecule has 2 amide bonds. The van der Waals surface area contributed by atoms with Gasteiger partial charge in [-0.2, -0.15) is 0 Å². The molecule has 0 saturated heterocycles. The highest BCUT2D eigenvalue weighted by atomic mass is 32.2. The molecular weight excluding hydrogens is 336 g/mol. The van der Waals surface area contributed by atoms with Crippen molar-refractivity contribution in [2.24, 2.45) is 0 Å². The molecule has 5 nitrogen and oxygen atoms in total. The first-order chi connectivity index (χ1) is 12.1. The summed E-state index contributed by atoms with van der Waals surface area (Å²) in [7, 11) is 0. The van der Waals surface area contributed by atoms with Gasteiger partial charge in [0.05, 0.1) is 17.1 Å². The summed E-state index contributed by atoms with van der Waals surface area (Å²) in [5, 5.41) is 2.77. The van der Waals surface area contributed by atoms with Crippen LogP contribution in [0.1, 0.15) is 23.7 Å². The molecule has 1 aliphatic rings. The SMILES string of the molecule is CC(=O)c1ccccc1NC(=O)CCN1C(=O)CSc2ccccc21. The Morgan fingerprint density at radius 3 is 2.64 bits per heavy atom. The van der Waals surface area contributed by atoms with Gasteiger partial charge in [0.25, 0.3) is 0 Å². The fourth-order valence-corrected chi connectivity index (χ4v) is 3.66. The number of thioether (sulfide) groups is 1. The number of carbonyl (C=O) groups excluding carboxylic acids is 3. The van der Waals surface area contributed by atoms with Gasteiger partial charge in [-0.25, -0.2) is 0 Å². The summed E-state index contributed by atoms with van der Waals surface area (Å²) in [4.78, 5) is 38.8. The Hall–Kier alpha value is -2.60. The predicted molar refractivity (Wildman–Crippen MR) is 99.2 cm³/mol. The summed E-state index contributed by atoms with van der Waals surface area (Å²) < 4.78 is 0. The van der Waals surface area contributed by atoms with E-state index in [2.05, 4.69) is 5.32 Å². The summed E-state index contributed by atoms with van der Waals surface area (Å²) in [5.74, 6) is 0.0529. The van der Waals surface area contributed by atoms with Crippen LogP contribution < -0.4 is 10.2 Å². The van der Waals surface area contributed by atoms with E-state index in [1.165, 1.54) is 18.7 Å². The Morgan fingerprint density at radius 1 is 1.12 bits per heavy atom. The minimum absolute atomic E-state index is 0.000589. The number of rotatable bonds is 5. The summed E-state index contributed by atoms with van der Waals surface area (Å²) in [6, 6.07) is 14.6. The molecule has 128 valence electrons. The zero-order chi connectivity index (χ0) is 17.8. The van der Waals surface area contributed by atoms with E-state index in [0.717, 1.165) is 10.6 Å². The molecule has 3 rings (SSSR count). The lowest BCUT2D eigenvalue weighted by Crippen LogP contribution is -2.37. The molecular formula is C19H18N2O3S. The van der Waals surface area contributed by atoms with Crippen LogP contribution in [-0.2, 0) is 9.59 Å². The smallest absolute Gasteiger partial charge is 0.237 e. The number of benzene rings is 2. The number of ketones is 1. The normalized spacial score (nSPS) is 13.3. The van der Waals surface area contributed by atoms with Crippen molar-refractivity contribution in [2.45, 2.75) is 18.2 Å². The van der Waals surface area contributed by atoms with Crippen molar-refractivity contribution in [1.29, 1.82) is 0 Å². The monoisotopic (exact) mass is 354 g/mol. The van der Waals surface area contributed by atoms with E-state index in [0.29, 0.717) is 23.5 Å². The average molecular weight is 354 g/mol. The maximum Gasteiger partial charge on any atom is 0.237 e. The predicted octanol–water partition coefficient (Wildman–Crippen LogP) is 3.36. The zero-order valence-corrected chi connectivity index (χ0v) is 14.6. The van der Waals surface area contributed by atoms with Crippen LogP contribution in [0.4, 0.5) is 11.4 Å². The lowest BCUT2D eigenvalue weighted by molar-refractivity contribution is -0.117. The topological polar surface area (TPSA) is 66.5 Å². The highest BCUT2D eigenvalue weighted by Crippen LogP contribution is 2.34. The fraction of sp³-hybridized carbons (Fsp3) is 0.211. The molecule has 6 heteroatoms. The van der Waals surface area contributed by atoms with Gasteiger partial charge in [-0.3, -0.25) is 14.4 Å². The molecule has 1 heterocycles. The number of para-hydroxylation sites is 2. The van der Waals surface area contributed by atoms with Crippen molar-refractivity contribution >= 4 is 40.7 Å². The highest BCUT2D eigenvalue weighted by molar-refractivity contribution is 8.00. The first kappa shape index (κ1) is 17.2. The van der Waals surface area contributed by atoms with E-state index in [1.807, 2.05) is 24.3 Å². The van der Waals surface area contributed by atoms with Crippen molar-refractivity contribution in [3.05, 3.63) is 54.1 Å². The maximum atomic E-state index is 12.3. The Bertz CT molecular complexity index is 835. The molecule has 1 aliphatic heterocycles. The standard InChI is InChI=1S/C19H18N2O3S/c1-13(22)14-6-2-3-7-15(14)20-18(23)10-11-21-16-8-4-5-9-17(16)25-12-19(21)24/h2-9H,10-12H2,1H3,(H,20,23). The number of fused-ring (bicyclic) bond motifs is 1. The lowest BCUT2D eigenvalue weighted by Gasteiger charge is -2.28. The van der Waals surface area contributed by atoms with Crippen LogP contribution in [0.15, 0.2) is 53.4 Å². The summed E-state index contributed by atoms with van der Waals surface area (Å²) in [5.41, 5.74) is 1.83. The van der Waals surface area contributed by atoms with Crippen molar-refractivity contribution in [2.75, 3.05) is 22.5 Å². The molecule has 0 saturated carbocycles. The summed E-state index contributed by atoms with van der Waals surface area (Å²) >= 11 is 1.51. The van der Waals surface area contributed by atoms with Gasteiger partial charge in [0.2, 0.25) is 11.8 Å². The average Bonchev–Trinajstić information content (AvgIpc) is 2.61. The maximum absolute atomic E-state index is 12.3. The number of nitrogens with zero attached hydrogens (tertiary/aromatic N) is 1. The van der Waals surface area contributed by atoms with Crippen molar-refractivity contribution < 1.29 is 14.4 Å². The van der Waals surface area contributed by atoms with Gasteiger partial charge in [0.15, 0.2) is 5.78 Å². The Labute approximate surface area is 150 Å². The van der Waals surface area contributed by atoms with E-state index in [9.17, 15) is 14.4 Å². The Balaban J connectivity index is 1.67. The second-order valence-electron chi connectivity index (χ2n) is 5.70. The fourth-order valence-electron chi connectivity index (χ4n) is 2.72. The highest BCUT2D eigenvalue weighted by Gasteiger charge is 2.24. The molecule has 25 heavy (non-hydrogen) atoms. The number of hydrogen-bond donors (Lipinski definition) is 1. The Kier molecular flexibility index (Phi) is 5.19.